The third-order valence-electron chi connectivity index (χ3n) is 4.47. The van der Waals surface area contributed by atoms with Gasteiger partial charge in [0.25, 0.3) is 0 Å². The van der Waals surface area contributed by atoms with Crippen molar-refractivity contribution in [3.63, 3.8) is 0 Å². The van der Waals surface area contributed by atoms with Crippen LogP contribution in [0.2, 0.25) is 0 Å². The lowest BCUT2D eigenvalue weighted by Gasteiger charge is -2.18. The Hall–Kier alpha value is -1.96. The summed E-state index contributed by atoms with van der Waals surface area (Å²) in [5.74, 6) is 2.34. The van der Waals surface area contributed by atoms with Gasteiger partial charge in [-0.2, -0.15) is 0 Å². The van der Waals surface area contributed by atoms with Crippen LogP contribution in [0.5, 0.6) is 11.5 Å². The van der Waals surface area contributed by atoms with Gasteiger partial charge in [0.1, 0.15) is 0 Å². The van der Waals surface area contributed by atoms with Crippen molar-refractivity contribution in [3.8, 4) is 11.5 Å². The largest absolute Gasteiger partial charge is 0.493 e. The topological polar surface area (TPSA) is 54.9 Å². The molecule has 0 bridgehead atoms. The molecule has 1 unspecified atom stereocenters. The molecule has 1 atom stereocenters. The summed E-state index contributed by atoms with van der Waals surface area (Å²) in [7, 11) is 5.10. The minimum Gasteiger partial charge on any atom is -0.493 e. The SMILES string of the molecule is CN=C(NCCc1ccc(OC)c(OC)c1)NC(C)CCc1ccccc1.I. The normalized spacial score (nSPS) is 11.9. The van der Waals surface area contributed by atoms with Crippen LogP contribution in [0.3, 0.4) is 0 Å². The van der Waals surface area contributed by atoms with Gasteiger partial charge in [0.2, 0.25) is 0 Å². The van der Waals surface area contributed by atoms with Crippen molar-refractivity contribution in [2.45, 2.75) is 32.2 Å². The molecule has 0 aliphatic rings. The van der Waals surface area contributed by atoms with Crippen molar-refractivity contribution in [2.24, 2.45) is 4.99 Å². The van der Waals surface area contributed by atoms with E-state index in [1.165, 1.54) is 11.1 Å². The van der Waals surface area contributed by atoms with E-state index >= 15 is 0 Å². The first-order valence-electron chi connectivity index (χ1n) is 9.38. The molecule has 2 rings (SSSR count). The molecule has 0 heterocycles. The number of hydrogen-bond acceptors (Lipinski definition) is 3. The van der Waals surface area contributed by atoms with Gasteiger partial charge in [0.15, 0.2) is 17.5 Å². The van der Waals surface area contributed by atoms with E-state index in [4.69, 9.17) is 9.47 Å². The van der Waals surface area contributed by atoms with E-state index in [0.29, 0.717) is 6.04 Å². The molecule has 0 saturated heterocycles. The fourth-order valence-electron chi connectivity index (χ4n) is 2.89. The van der Waals surface area contributed by atoms with Crippen LogP contribution < -0.4 is 20.1 Å². The third-order valence-corrected chi connectivity index (χ3v) is 4.47. The Labute approximate surface area is 186 Å². The van der Waals surface area contributed by atoms with E-state index in [2.05, 4.69) is 58.9 Å². The highest BCUT2D eigenvalue weighted by Crippen LogP contribution is 2.27. The maximum atomic E-state index is 5.36. The number of ether oxygens (including phenoxy) is 2. The van der Waals surface area contributed by atoms with Crippen molar-refractivity contribution < 1.29 is 9.47 Å². The van der Waals surface area contributed by atoms with Gasteiger partial charge in [-0.05, 0) is 49.4 Å². The molecule has 0 radical (unpaired) electrons. The number of hydrogen-bond donors (Lipinski definition) is 2. The summed E-state index contributed by atoms with van der Waals surface area (Å²) in [6, 6.07) is 16.9. The maximum Gasteiger partial charge on any atom is 0.191 e. The van der Waals surface area contributed by atoms with E-state index in [-0.39, 0.29) is 24.0 Å². The molecule has 5 nitrogen and oxygen atoms in total. The highest BCUT2D eigenvalue weighted by molar-refractivity contribution is 14.0. The Morgan fingerprint density at radius 3 is 2.32 bits per heavy atom. The first kappa shape index (κ1) is 24.1. The Morgan fingerprint density at radius 1 is 0.964 bits per heavy atom. The Bertz CT molecular complexity index is 723. The summed E-state index contributed by atoms with van der Waals surface area (Å²) in [4.78, 5) is 4.33. The van der Waals surface area contributed by atoms with Crippen molar-refractivity contribution >= 4 is 29.9 Å². The first-order valence-corrected chi connectivity index (χ1v) is 9.38. The van der Waals surface area contributed by atoms with Gasteiger partial charge in [0, 0.05) is 19.6 Å². The Kier molecular flexibility index (Phi) is 11.4. The van der Waals surface area contributed by atoms with Crippen LogP contribution in [-0.2, 0) is 12.8 Å². The van der Waals surface area contributed by atoms with Gasteiger partial charge in [0.05, 0.1) is 14.2 Å². The number of nitrogens with one attached hydrogen (secondary N) is 2. The van der Waals surface area contributed by atoms with Gasteiger partial charge in [-0.25, -0.2) is 0 Å². The van der Waals surface area contributed by atoms with Gasteiger partial charge in [-0.3, -0.25) is 4.99 Å². The quantitative estimate of drug-likeness (QED) is 0.312. The molecule has 28 heavy (non-hydrogen) atoms. The van der Waals surface area contributed by atoms with E-state index < -0.39 is 0 Å². The molecule has 0 spiro atoms. The molecule has 154 valence electrons. The number of benzene rings is 2. The van der Waals surface area contributed by atoms with Crippen molar-refractivity contribution in [3.05, 3.63) is 59.7 Å². The van der Waals surface area contributed by atoms with E-state index in [0.717, 1.165) is 43.3 Å². The average molecular weight is 497 g/mol. The highest BCUT2D eigenvalue weighted by Gasteiger charge is 2.07. The number of guanidine groups is 1. The zero-order valence-electron chi connectivity index (χ0n) is 17.2. The molecule has 2 aromatic carbocycles. The molecule has 0 fully saturated rings. The molecule has 2 N–H and O–H groups in total. The van der Waals surface area contributed by atoms with Crippen LogP contribution in [0.4, 0.5) is 0 Å². The maximum absolute atomic E-state index is 5.36. The van der Waals surface area contributed by atoms with Crippen LogP contribution in [0, 0.1) is 0 Å². The van der Waals surface area contributed by atoms with Crippen LogP contribution in [-0.4, -0.2) is 39.8 Å². The third kappa shape index (κ3) is 7.96. The molecule has 0 aliphatic carbocycles. The first-order chi connectivity index (χ1) is 13.2. The second kappa shape index (κ2) is 13.3. The van der Waals surface area contributed by atoms with Gasteiger partial charge < -0.3 is 20.1 Å². The predicted octanol–water partition coefficient (Wildman–Crippen LogP) is 4.05. The number of halogens is 1. The molecule has 0 amide bonds. The molecular formula is C22H32IN3O2. The molecule has 0 aliphatic heterocycles. The lowest BCUT2D eigenvalue weighted by atomic mass is 10.1. The van der Waals surface area contributed by atoms with Crippen molar-refractivity contribution in [2.75, 3.05) is 27.8 Å². The molecule has 0 aromatic heterocycles. The Morgan fingerprint density at radius 2 is 1.68 bits per heavy atom. The van der Waals surface area contributed by atoms with E-state index in [1.807, 2.05) is 12.1 Å². The summed E-state index contributed by atoms with van der Waals surface area (Å²) in [6.45, 7) is 2.98. The van der Waals surface area contributed by atoms with Crippen LogP contribution in [0.25, 0.3) is 0 Å². The second-order valence-corrected chi connectivity index (χ2v) is 6.51. The number of rotatable bonds is 9. The molecule has 6 heteroatoms. The zero-order valence-corrected chi connectivity index (χ0v) is 19.5. The summed E-state index contributed by atoms with van der Waals surface area (Å²) in [5, 5.41) is 6.84. The fourth-order valence-corrected chi connectivity index (χ4v) is 2.89. The van der Waals surface area contributed by atoms with Gasteiger partial charge in [-0.1, -0.05) is 36.4 Å². The minimum absolute atomic E-state index is 0. The zero-order chi connectivity index (χ0) is 19.5. The standard InChI is InChI=1S/C22H31N3O2.HI/c1-17(10-11-18-8-6-5-7-9-18)25-22(23-2)24-15-14-19-12-13-20(26-3)21(16-19)27-4;/h5-9,12-13,16-17H,10-11,14-15H2,1-4H3,(H2,23,24,25);1H. The second-order valence-electron chi connectivity index (χ2n) is 6.51. The molecule has 2 aromatic rings. The van der Waals surface area contributed by atoms with E-state index in [1.54, 1.807) is 21.3 Å². The lowest BCUT2D eigenvalue weighted by Crippen LogP contribution is -2.43. The van der Waals surface area contributed by atoms with E-state index in [9.17, 15) is 0 Å². The van der Waals surface area contributed by atoms with Crippen LogP contribution in [0.15, 0.2) is 53.5 Å². The predicted molar refractivity (Wildman–Crippen MR) is 127 cm³/mol. The van der Waals surface area contributed by atoms with Crippen LogP contribution >= 0.6 is 24.0 Å². The number of aryl methyl sites for hydroxylation is 1. The molecule has 0 saturated carbocycles. The summed E-state index contributed by atoms with van der Waals surface area (Å²) in [6.07, 6.45) is 2.98. The van der Waals surface area contributed by atoms with Crippen molar-refractivity contribution in [1.29, 1.82) is 0 Å². The minimum atomic E-state index is 0. The summed E-state index contributed by atoms with van der Waals surface area (Å²) < 4.78 is 10.6. The number of aliphatic imine (C=N–C) groups is 1. The Balaban J connectivity index is 0.00000392. The smallest absolute Gasteiger partial charge is 0.191 e. The van der Waals surface area contributed by atoms with Crippen molar-refractivity contribution in [1.82, 2.24) is 10.6 Å². The fraction of sp³-hybridized carbons (Fsp3) is 0.409. The monoisotopic (exact) mass is 497 g/mol. The number of nitrogens with zero attached hydrogens (tertiary/aromatic N) is 1. The average Bonchev–Trinajstić information content (AvgIpc) is 2.72. The van der Waals surface area contributed by atoms with Crippen LogP contribution in [0.1, 0.15) is 24.5 Å². The van der Waals surface area contributed by atoms with Gasteiger partial charge in [-0.15, -0.1) is 24.0 Å². The van der Waals surface area contributed by atoms with Gasteiger partial charge >= 0.3 is 0 Å². The summed E-state index contributed by atoms with van der Waals surface area (Å²) in [5.41, 5.74) is 2.55. The lowest BCUT2D eigenvalue weighted by molar-refractivity contribution is 0.354. The molecular weight excluding hydrogens is 465 g/mol. The summed E-state index contributed by atoms with van der Waals surface area (Å²) >= 11 is 0. The highest BCUT2D eigenvalue weighted by atomic mass is 127. The number of methoxy groups -OCH3 is 2.